The van der Waals surface area contributed by atoms with E-state index in [0.29, 0.717) is 5.02 Å². The van der Waals surface area contributed by atoms with Crippen LogP contribution in [0, 0.1) is 0 Å². The predicted molar refractivity (Wildman–Crippen MR) is 107 cm³/mol. The molecule has 3 aromatic rings. The Labute approximate surface area is 154 Å². The molecule has 0 saturated carbocycles. The van der Waals surface area contributed by atoms with Gasteiger partial charge in [-0.05, 0) is 44.9 Å². The zero-order chi connectivity index (χ0) is 18.0. The van der Waals surface area contributed by atoms with E-state index in [0.717, 1.165) is 45.9 Å². The molecular formula is C22H25ClO2. The van der Waals surface area contributed by atoms with Gasteiger partial charge < -0.3 is 9.47 Å². The van der Waals surface area contributed by atoms with E-state index in [1.165, 1.54) is 0 Å². The van der Waals surface area contributed by atoms with E-state index in [2.05, 4.69) is 39.8 Å². The summed E-state index contributed by atoms with van der Waals surface area (Å²) in [5.74, 6) is 1.80. The molecule has 3 heteroatoms. The highest BCUT2D eigenvalue weighted by molar-refractivity contribution is 6.31. The Morgan fingerprint density at radius 2 is 1.24 bits per heavy atom. The summed E-state index contributed by atoms with van der Waals surface area (Å²) in [5.41, 5.74) is 0. The van der Waals surface area contributed by atoms with Crippen molar-refractivity contribution in [2.45, 2.75) is 52.7 Å². The van der Waals surface area contributed by atoms with E-state index in [1.54, 1.807) is 0 Å². The monoisotopic (exact) mass is 356 g/mol. The van der Waals surface area contributed by atoms with E-state index >= 15 is 0 Å². The first-order valence-electron chi connectivity index (χ1n) is 9.02. The SMILES string of the molecule is CCC(C)Oc1c2ccccc2c(OC(C)CC)c2cc(Cl)ccc12. The van der Waals surface area contributed by atoms with Crippen molar-refractivity contribution in [1.82, 2.24) is 0 Å². The van der Waals surface area contributed by atoms with Gasteiger partial charge in [0.1, 0.15) is 11.5 Å². The van der Waals surface area contributed by atoms with Gasteiger partial charge in [0.2, 0.25) is 0 Å². The van der Waals surface area contributed by atoms with Gasteiger partial charge in [-0.15, -0.1) is 0 Å². The van der Waals surface area contributed by atoms with E-state index in [-0.39, 0.29) is 12.2 Å². The Balaban J connectivity index is 2.36. The molecule has 2 unspecified atom stereocenters. The summed E-state index contributed by atoms with van der Waals surface area (Å²) >= 11 is 6.30. The maximum Gasteiger partial charge on any atom is 0.135 e. The number of hydrogen-bond donors (Lipinski definition) is 0. The van der Waals surface area contributed by atoms with Gasteiger partial charge in [0.15, 0.2) is 0 Å². The van der Waals surface area contributed by atoms with Gasteiger partial charge in [-0.25, -0.2) is 0 Å². The van der Waals surface area contributed by atoms with Gasteiger partial charge in [0, 0.05) is 26.6 Å². The lowest BCUT2D eigenvalue weighted by molar-refractivity contribution is 0.219. The molecule has 0 aromatic heterocycles. The second-order valence-electron chi connectivity index (χ2n) is 6.57. The highest BCUT2D eigenvalue weighted by Crippen LogP contribution is 2.44. The zero-order valence-electron chi connectivity index (χ0n) is 15.3. The fourth-order valence-electron chi connectivity index (χ4n) is 2.89. The highest BCUT2D eigenvalue weighted by atomic mass is 35.5. The Morgan fingerprint density at radius 3 is 1.76 bits per heavy atom. The molecule has 0 bridgehead atoms. The van der Waals surface area contributed by atoms with E-state index < -0.39 is 0 Å². The van der Waals surface area contributed by atoms with Crippen LogP contribution in [0.2, 0.25) is 5.02 Å². The fourth-order valence-corrected chi connectivity index (χ4v) is 3.07. The molecule has 0 aliphatic rings. The van der Waals surface area contributed by atoms with Gasteiger partial charge in [-0.3, -0.25) is 0 Å². The molecule has 0 saturated heterocycles. The topological polar surface area (TPSA) is 18.5 Å². The molecule has 25 heavy (non-hydrogen) atoms. The van der Waals surface area contributed by atoms with Crippen LogP contribution >= 0.6 is 11.6 Å². The van der Waals surface area contributed by atoms with Crippen LogP contribution in [0.3, 0.4) is 0 Å². The van der Waals surface area contributed by atoms with E-state index in [1.807, 2.05) is 30.3 Å². The number of ether oxygens (including phenoxy) is 2. The minimum atomic E-state index is 0.131. The average molecular weight is 357 g/mol. The van der Waals surface area contributed by atoms with Crippen molar-refractivity contribution < 1.29 is 9.47 Å². The third kappa shape index (κ3) is 3.55. The number of rotatable bonds is 6. The van der Waals surface area contributed by atoms with Gasteiger partial charge in [0.25, 0.3) is 0 Å². The van der Waals surface area contributed by atoms with Gasteiger partial charge in [0.05, 0.1) is 12.2 Å². The summed E-state index contributed by atoms with van der Waals surface area (Å²) in [6.45, 7) is 8.45. The first-order chi connectivity index (χ1) is 12.0. The van der Waals surface area contributed by atoms with Crippen LogP contribution in [0.25, 0.3) is 21.5 Å². The molecule has 0 amide bonds. The molecule has 132 valence electrons. The number of halogens is 1. The largest absolute Gasteiger partial charge is 0.489 e. The van der Waals surface area contributed by atoms with Gasteiger partial charge in [-0.1, -0.05) is 49.7 Å². The van der Waals surface area contributed by atoms with Crippen molar-refractivity contribution >= 4 is 33.1 Å². The van der Waals surface area contributed by atoms with Crippen molar-refractivity contribution in [1.29, 1.82) is 0 Å². The van der Waals surface area contributed by atoms with Crippen LogP contribution in [0.5, 0.6) is 11.5 Å². The Morgan fingerprint density at radius 1 is 0.760 bits per heavy atom. The van der Waals surface area contributed by atoms with E-state index in [4.69, 9.17) is 21.1 Å². The lowest BCUT2D eigenvalue weighted by atomic mass is 10.00. The first kappa shape index (κ1) is 17.9. The molecule has 3 aromatic carbocycles. The van der Waals surface area contributed by atoms with Crippen molar-refractivity contribution in [3.05, 3.63) is 47.5 Å². The predicted octanol–water partition coefficient (Wildman–Crippen LogP) is 7.00. The smallest absolute Gasteiger partial charge is 0.135 e. The minimum Gasteiger partial charge on any atom is -0.489 e. The van der Waals surface area contributed by atoms with Crippen LogP contribution < -0.4 is 9.47 Å². The highest BCUT2D eigenvalue weighted by Gasteiger charge is 2.18. The summed E-state index contributed by atoms with van der Waals surface area (Å²) in [6.07, 6.45) is 2.17. The van der Waals surface area contributed by atoms with Gasteiger partial charge >= 0.3 is 0 Å². The van der Waals surface area contributed by atoms with Gasteiger partial charge in [-0.2, -0.15) is 0 Å². The quantitative estimate of drug-likeness (QED) is 0.442. The van der Waals surface area contributed by atoms with Crippen LogP contribution in [-0.2, 0) is 0 Å². The number of fused-ring (bicyclic) bond motifs is 2. The first-order valence-corrected chi connectivity index (χ1v) is 9.40. The molecule has 0 radical (unpaired) electrons. The molecule has 0 heterocycles. The zero-order valence-corrected chi connectivity index (χ0v) is 16.1. The third-order valence-corrected chi connectivity index (χ3v) is 4.91. The summed E-state index contributed by atoms with van der Waals surface area (Å²) in [7, 11) is 0. The Kier molecular flexibility index (Phi) is 5.39. The second-order valence-corrected chi connectivity index (χ2v) is 7.00. The van der Waals surface area contributed by atoms with Crippen molar-refractivity contribution in [2.24, 2.45) is 0 Å². The van der Waals surface area contributed by atoms with Crippen molar-refractivity contribution in [3.63, 3.8) is 0 Å². The number of benzene rings is 3. The standard InChI is InChI=1S/C22H25ClO2/c1-5-14(3)24-21-17-9-7-8-10-18(17)22(25-15(4)6-2)20-13-16(23)11-12-19(20)21/h7-15H,5-6H2,1-4H3. The summed E-state index contributed by atoms with van der Waals surface area (Å²) in [4.78, 5) is 0. The van der Waals surface area contributed by atoms with Crippen LogP contribution in [0.1, 0.15) is 40.5 Å². The maximum atomic E-state index is 6.32. The molecule has 0 aliphatic carbocycles. The van der Waals surface area contributed by atoms with Crippen LogP contribution in [0.15, 0.2) is 42.5 Å². The molecule has 0 fully saturated rings. The molecule has 0 aliphatic heterocycles. The molecule has 3 rings (SSSR count). The van der Waals surface area contributed by atoms with E-state index in [9.17, 15) is 0 Å². The molecule has 2 atom stereocenters. The lowest BCUT2D eigenvalue weighted by Crippen LogP contribution is -2.12. The third-order valence-electron chi connectivity index (χ3n) is 4.68. The Bertz CT molecular complexity index is 888. The summed E-state index contributed by atoms with van der Waals surface area (Å²) in [6, 6.07) is 14.2. The maximum absolute atomic E-state index is 6.32. The van der Waals surface area contributed by atoms with Crippen LogP contribution in [-0.4, -0.2) is 12.2 Å². The van der Waals surface area contributed by atoms with Crippen molar-refractivity contribution in [3.8, 4) is 11.5 Å². The molecule has 0 spiro atoms. The second kappa shape index (κ2) is 7.53. The molecular weight excluding hydrogens is 332 g/mol. The minimum absolute atomic E-state index is 0.131. The normalized spacial score (nSPS) is 13.8. The summed E-state index contributed by atoms with van der Waals surface area (Å²) < 4.78 is 12.6. The fraction of sp³-hybridized carbons (Fsp3) is 0.364. The summed E-state index contributed by atoms with van der Waals surface area (Å²) in [5, 5.41) is 4.89. The number of hydrogen-bond acceptors (Lipinski definition) is 2. The molecule has 2 nitrogen and oxygen atoms in total. The molecule has 0 N–H and O–H groups in total. The Hall–Kier alpha value is -1.93. The van der Waals surface area contributed by atoms with Crippen molar-refractivity contribution in [2.75, 3.05) is 0 Å². The lowest BCUT2D eigenvalue weighted by Gasteiger charge is -2.22. The van der Waals surface area contributed by atoms with Crippen LogP contribution in [0.4, 0.5) is 0 Å². The average Bonchev–Trinajstić information content (AvgIpc) is 2.63.